The SMILES string of the molecule is CC(C)Oc1ccc(C2(C)CNCN2)cc1F. The van der Waals surface area contributed by atoms with Gasteiger partial charge in [-0.1, -0.05) is 6.07 Å². The lowest BCUT2D eigenvalue weighted by Crippen LogP contribution is -2.35. The van der Waals surface area contributed by atoms with Gasteiger partial charge in [-0.25, -0.2) is 4.39 Å². The van der Waals surface area contributed by atoms with Gasteiger partial charge in [-0.2, -0.15) is 0 Å². The molecule has 94 valence electrons. The average molecular weight is 238 g/mol. The molecule has 1 aliphatic heterocycles. The Labute approximate surface area is 101 Å². The van der Waals surface area contributed by atoms with Crippen LogP contribution in [-0.2, 0) is 5.54 Å². The second kappa shape index (κ2) is 4.63. The Bertz CT molecular complexity index is 400. The van der Waals surface area contributed by atoms with Crippen LogP contribution in [0.15, 0.2) is 18.2 Å². The van der Waals surface area contributed by atoms with Crippen LogP contribution in [0.4, 0.5) is 4.39 Å². The second-order valence-corrected chi connectivity index (χ2v) is 4.92. The van der Waals surface area contributed by atoms with Crippen molar-refractivity contribution < 1.29 is 9.13 Å². The predicted molar refractivity (Wildman–Crippen MR) is 65.5 cm³/mol. The minimum Gasteiger partial charge on any atom is -0.488 e. The molecule has 1 heterocycles. The van der Waals surface area contributed by atoms with Crippen LogP contribution < -0.4 is 15.4 Å². The Morgan fingerprint density at radius 2 is 2.18 bits per heavy atom. The van der Waals surface area contributed by atoms with Gasteiger partial charge in [-0.15, -0.1) is 0 Å². The Hall–Kier alpha value is -1.13. The van der Waals surface area contributed by atoms with Crippen molar-refractivity contribution in [3.05, 3.63) is 29.6 Å². The van der Waals surface area contributed by atoms with E-state index in [4.69, 9.17) is 4.74 Å². The topological polar surface area (TPSA) is 33.3 Å². The molecule has 0 bridgehead atoms. The molecule has 0 amide bonds. The van der Waals surface area contributed by atoms with Gasteiger partial charge in [-0.3, -0.25) is 5.32 Å². The van der Waals surface area contributed by atoms with Gasteiger partial charge in [0.05, 0.1) is 11.6 Å². The summed E-state index contributed by atoms with van der Waals surface area (Å²) in [6.45, 7) is 7.39. The summed E-state index contributed by atoms with van der Waals surface area (Å²) in [6.07, 6.45) is -0.0165. The number of benzene rings is 1. The minimum atomic E-state index is -0.300. The Morgan fingerprint density at radius 1 is 1.41 bits per heavy atom. The maximum atomic E-state index is 13.9. The van der Waals surface area contributed by atoms with Crippen molar-refractivity contribution in [2.24, 2.45) is 0 Å². The molecule has 1 aliphatic rings. The predicted octanol–water partition coefficient (Wildman–Crippen LogP) is 1.98. The number of hydrogen-bond acceptors (Lipinski definition) is 3. The van der Waals surface area contributed by atoms with Crippen LogP contribution in [0, 0.1) is 5.82 Å². The summed E-state index contributed by atoms with van der Waals surface area (Å²) in [6, 6.07) is 5.18. The highest BCUT2D eigenvalue weighted by atomic mass is 19.1. The Balaban J connectivity index is 2.24. The molecule has 17 heavy (non-hydrogen) atoms. The van der Waals surface area contributed by atoms with Crippen LogP contribution in [0.2, 0.25) is 0 Å². The summed E-state index contributed by atoms with van der Waals surface area (Å²) in [5, 5.41) is 6.53. The molecular formula is C13H19FN2O. The van der Waals surface area contributed by atoms with Crippen molar-refractivity contribution in [3.8, 4) is 5.75 Å². The molecule has 1 saturated heterocycles. The van der Waals surface area contributed by atoms with Gasteiger partial charge in [0.15, 0.2) is 11.6 Å². The smallest absolute Gasteiger partial charge is 0.165 e. The van der Waals surface area contributed by atoms with Gasteiger partial charge < -0.3 is 10.1 Å². The summed E-state index contributed by atoms with van der Waals surface area (Å²) in [4.78, 5) is 0. The van der Waals surface area contributed by atoms with Crippen LogP contribution in [0.25, 0.3) is 0 Å². The van der Waals surface area contributed by atoms with Crippen LogP contribution >= 0.6 is 0 Å². The molecule has 3 nitrogen and oxygen atoms in total. The van der Waals surface area contributed by atoms with Crippen molar-refractivity contribution in [1.82, 2.24) is 10.6 Å². The molecule has 1 atom stereocenters. The highest BCUT2D eigenvalue weighted by Gasteiger charge is 2.30. The number of nitrogens with one attached hydrogen (secondary N) is 2. The largest absolute Gasteiger partial charge is 0.488 e. The van der Waals surface area contributed by atoms with E-state index in [1.807, 2.05) is 19.9 Å². The molecule has 0 aliphatic carbocycles. The third kappa shape index (κ3) is 2.58. The van der Waals surface area contributed by atoms with Gasteiger partial charge in [0.25, 0.3) is 0 Å². The van der Waals surface area contributed by atoms with E-state index in [2.05, 4.69) is 17.6 Å². The highest BCUT2D eigenvalue weighted by molar-refractivity contribution is 5.34. The molecule has 0 spiro atoms. The lowest BCUT2D eigenvalue weighted by Gasteiger charge is -2.24. The first-order valence-corrected chi connectivity index (χ1v) is 5.94. The lowest BCUT2D eigenvalue weighted by molar-refractivity contribution is 0.231. The second-order valence-electron chi connectivity index (χ2n) is 4.92. The summed E-state index contributed by atoms with van der Waals surface area (Å²) in [5.74, 6) is 0.0180. The Morgan fingerprint density at radius 3 is 2.71 bits per heavy atom. The normalized spacial score (nSPS) is 24.3. The fourth-order valence-electron chi connectivity index (χ4n) is 2.03. The van der Waals surface area contributed by atoms with E-state index in [0.717, 1.165) is 18.8 Å². The lowest BCUT2D eigenvalue weighted by atomic mass is 9.93. The number of hydrogen-bond donors (Lipinski definition) is 2. The zero-order chi connectivity index (χ0) is 12.5. The van der Waals surface area contributed by atoms with E-state index in [9.17, 15) is 4.39 Å². The molecule has 1 aromatic rings. The fourth-order valence-corrected chi connectivity index (χ4v) is 2.03. The third-order valence-electron chi connectivity index (χ3n) is 3.01. The van der Waals surface area contributed by atoms with E-state index >= 15 is 0 Å². The molecule has 2 rings (SSSR count). The number of ether oxygens (including phenoxy) is 1. The molecule has 4 heteroatoms. The monoisotopic (exact) mass is 238 g/mol. The molecule has 1 aromatic carbocycles. The first kappa shape index (κ1) is 12.3. The Kier molecular flexibility index (Phi) is 3.35. The maximum absolute atomic E-state index is 13.9. The van der Waals surface area contributed by atoms with Crippen LogP contribution in [-0.4, -0.2) is 19.3 Å². The van der Waals surface area contributed by atoms with E-state index in [1.54, 1.807) is 12.1 Å². The summed E-state index contributed by atoms with van der Waals surface area (Å²) in [7, 11) is 0. The van der Waals surface area contributed by atoms with Crippen molar-refractivity contribution in [1.29, 1.82) is 0 Å². The zero-order valence-corrected chi connectivity index (χ0v) is 10.5. The van der Waals surface area contributed by atoms with Gasteiger partial charge in [0.2, 0.25) is 0 Å². The minimum absolute atomic E-state index is 0.0165. The van der Waals surface area contributed by atoms with Crippen LogP contribution in [0.1, 0.15) is 26.3 Å². The standard InChI is InChI=1S/C13H19FN2O/c1-9(2)17-12-5-4-10(6-11(12)14)13(3)7-15-8-16-13/h4-6,9,15-16H,7-8H2,1-3H3. The van der Waals surface area contributed by atoms with Crippen molar-refractivity contribution in [2.75, 3.05) is 13.2 Å². The average Bonchev–Trinajstić information content (AvgIpc) is 2.69. The first-order chi connectivity index (χ1) is 8.01. The molecule has 0 aromatic heterocycles. The van der Waals surface area contributed by atoms with E-state index in [1.165, 1.54) is 0 Å². The molecule has 1 fully saturated rings. The van der Waals surface area contributed by atoms with E-state index in [0.29, 0.717) is 5.75 Å². The van der Waals surface area contributed by atoms with Crippen molar-refractivity contribution >= 4 is 0 Å². The summed E-state index contributed by atoms with van der Waals surface area (Å²) < 4.78 is 19.2. The maximum Gasteiger partial charge on any atom is 0.165 e. The van der Waals surface area contributed by atoms with Gasteiger partial charge >= 0.3 is 0 Å². The highest BCUT2D eigenvalue weighted by Crippen LogP contribution is 2.27. The van der Waals surface area contributed by atoms with Gasteiger partial charge in [0, 0.05) is 13.2 Å². The molecule has 2 N–H and O–H groups in total. The molecule has 1 unspecified atom stereocenters. The summed E-state index contributed by atoms with van der Waals surface area (Å²) in [5.41, 5.74) is 0.744. The molecule has 0 radical (unpaired) electrons. The van der Waals surface area contributed by atoms with Crippen LogP contribution in [0.3, 0.4) is 0 Å². The van der Waals surface area contributed by atoms with Crippen molar-refractivity contribution in [3.63, 3.8) is 0 Å². The number of rotatable bonds is 3. The quantitative estimate of drug-likeness (QED) is 0.844. The van der Waals surface area contributed by atoms with Crippen LogP contribution in [0.5, 0.6) is 5.75 Å². The van der Waals surface area contributed by atoms with Gasteiger partial charge in [-0.05, 0) is 38.5 Å². The van der Waals surface area contributed by atoms with Crippen molar-refractivity contribution in [2.45, 2.75) is 32.4 Å². The van der Waals surface area contributed by atoms with Gasteiger partial charge in [0.1, 0.15) is 0 Å². The zero-order valence-electron chi connectivity index (χ0n) is 10.5. The summed E-state index contributed by atoms with van der Waals surface area (Å²) >= 11 is 0. The third-order valence-corrected chi connectivity index (χ3v) is 3.01. The van der Waals surface area contributed by atoms with E-state index < -0.39 is 0 Å². The fraction of sp³-hybridized carbons (Fsp3) is 0.538. The number of halogens is 1. The first-order valence-electron chi connectivity index (χ1n) is 5.94. The molecular weight excluding hydrogens is 219 g/mol. The van der Waals surface area contributed by atoms with E-state index in [-0.39, 0.29) is 17.5 Å². The molecule has 0 saturated carbocycles.